The maximum Gasteiger partial charge on any atom is 0.0594 e. The second-order valence-electron chi connectivity index (χ2n) is 4.91. The summed E-state index contributed by atoms with van der Waals surface area (Å²) in [5, 5.41) is 0. The summed E-state index contributed by atoms with van der Waals surface area (Å²) in [6.07, 6.45) is 11.4. The molecule has 0 saturated heterocycles. The molecule has 0 aliphatic heterocycles. The van der Waals surface area contributed by atoms with Gasteiger partial charge in [0.1, 0.15) is 0 Å². The van der Waals surface area contributed by atoms with Crippen LogP contribution in [0.3, 0.4) is 0 Å². The zero-order chi connectivity index (χ0) is 10.5. The summed E-state index contributed by atoms with van der Waals surface area (Å²) >= 11 is 0. The molecule has 2 saturated carbocycles. The highest BCUT2D eigenvalue weighted by Crippen LogP contribution is 2.22. The molecule has 2 nitrogen and oxygen atoms in total. The SMILES string of the molecule is NC1CCCCC1=C=NC1CCCCC1. The molecule has 15 heavy (non-hydrogen) atoms. The summed E-state index contributed by atoms with van der Waals surface area (Å²) in [7, 11) is 0. The first kappa shape index (κ1) is 10.9. The third-order valence-electron chi connectivity index (χ3n) is 3.62. The molecule has 2 rings (SSSR count). The van der Waals surface area contributed by atoms with Crippen molar-refractivity contribution in [2.24, 2.45) is 10.7 Å². The fraction of sp³-hybridized carbons (Fsp3) is 0.846. The Kier molecular flexibility index (Phi) is 3.99. The molecule has 0 aromatic heterocycles. The van der Waals surface area contributed by atoms with Crippen LogP contribution in [-0.4, -0.2) is 18.0 Å². The lowest BCUT2D eigenvalue weighted by molar-refractivity contribution is 0.444. The number of hydrogen-bond donors (Lipinski definition) is 1. The molecule has 2 aliphatic carbocycles. The van der Waals surface area contributed by atoms with Crippen LogP contribution in [-0.2, 0) is 0 Å². The van der Waals surface area contributed by atoms with Crippen molar-refractivity contribution in [2.45, 2.75) is 69.9 Å². The average Bonchev–Trinajstić information content (AvgIpc) is 2.29. The Bertz CT molecular complexity index is 258. The van der Waals surface area contributed by atoms with Gasteiger partial charge in [0.2, 0.25) is 0 Å². The van der Waals surface area contributed by atoms with Gasteiger partial charge in [0.25, 0.3) is 0 Å². The molecular formula is C13H22N2. The van der Waals surface area contributed by atoms with Gasteiger partial charge in [-0.05, 0) is 38.0 Å². The smallest absolute Gasteiger partial charge is 0.0594 e. The second kappa shape index (κ2) is 5.48. The van der Waals surface area contributed by atoms with Crippen LogP contribution in [0.5, 0.6) is 0 Å². The van der Waals surface area contributed by atoms with Crippen molar-refractivity contribution in [1.82, 2.24) is 0 Å². The van der Waals surface area contributed by atoms with Gasteiger partial charge in [0, 0.05) is 11.6 Å². The third-order valence-corrected chi connectivity index (χ3v) is 3.62. The predicted octanol–water partition coefficient (Wildman–Crippen LogP) is 2.82. The van der Waals surface area contributed by atoms with E-state index in [-0.39, 0.29) is 6.04 Å². The highest BCUT2D eigenvalue weighted by atomic mass is 14.8. The van der Waals surface area contributed by atoms with Crippen molar-refractivity contribution < 1.29 is 0 Å². The second-order valence-corrected chi connectivity index (χ2v) is 4.91. The lowest BCUT2D eigenvalue weighted by Crippen LogP contribution is -2.26. The van der Waals surface area contributed by atoms with Crippen LogP contribution in [0.15, 0.2) is 10.6 Å². The Balaban J connectivity index is 1.96. The summed E-state index contributed by atoms with van der Waals surface area (Å²) in [6, 6.07) is 0.784. The van der Waals surface area contributed by atoms with Crippen molar-refractivity contribution in [1.29, 1.82) is 0 Å². The third kappa shape index (κ3) is 3.19. The van der Waals surface area contributed by atoms with E-state index in [4.69, 9.17) is 5.73 Å². The minimum Gasteiger partial charge on any atom is -0.324 e. The molecule has 2 heteroatoms. The van der Waals surface area contributed by atoms with Crippen molar-refractivity contribution in [2.75, 3.05) is 0 Å². The largest absolute Gasteiger partial charge is 0.324 e. The predicted molar refractivity (Wildman–Crippen MR) is 64.3 cm³/mol. The molecule has 0 amide bonds. The lowest BCUT2D eigenvalue weighted by atomic mass is 9.91. The number of rotatable bonds is 1. The normalized spacial score (nSPS) is 28.6. The van der Waals surface area contributed by atoms with E-state index in [2.05, 4.69) is 10.9 Å². The van der Waals surface area contributed by atoms with Crippen LogP contribution in [0.1, 0.15) is 57.8 Å². The molecule has 0 spiro atoms. The highest BCUT2D eigenvalue weighted by molar-refractivity contribution is 5.60. The molecule has 2 fully saturated rings. The number of hydrogen-bond acceptors (Lipinski definition) is 2. The number of nitrogens with zero attached hydrogens (tertiary/aromatic N) is 1. The molecule has 0 heterocycles. The topological polar surface area (TPSA) is 38.4 Å². The van der Waals surface area contributed by atoms with Gasteiger partial charge in [-0.3, -0.25) is 0 Å². The first-order valence-electron chi connectivity index (χ1n) is 6.43. The van der Waals surface area contributed by atoms with E-state index in [9.17, 15) is 0 Å². The summed E-state index contributed by atoms with van der Waals surface area (Å²) in [5.74, 6) is 3.26. The summed E-state index contributed by atoms with van der Waals surface area (Å²) in [4.78, 5) is 4.59. The minimum atomic E-state index is 0.242. The first-order valence-corrected chi connectivity index (χ1v) is 6.43. The number of aliphatic imine (C=N–C) groups is 1. The van der Waals surface area contributed by atoms with Gasteiger partial charge in [0.05, 0.1) is 6.04 Å². The van der Waals surface area contributed by atoms with E-state index in [1.165, 1.54) is 50.5 Å². The standard InChI is InChI=1S/C13H22N2/c14-13-9-5-4-6-11(13)10-15-12-7-2-1-3-8-12/h12-13H,1-9,14H2. The maximum absolute atomic E-state index is 6.04. The van der Waals surface area contributed by atoms with Crippen LogP contribution >= 0.6 is 0 Å². The monoisotopic (exact) mass is 206 g/mol. The minimum absolute atomic E-state index is 0.242. The Morgan fingerprint density at radius 3 is 2.47 bits per heavy atom. The fourth-order valence-electron chi connectivity index (χ4n) is 2.56. The van der Waals surface area contributed by atoms with Crippen LogP contribution < -0.4 is 5.73 Å². The van der Waals surface area contributed by atoms with Crippen LogP contribution in [0.4, 0.5) is 0 Å². The first-order chi connectivity index (χ1) is 7.36. The van der Waals surface area contributed by atoms with Gasteiger partial charge in [-0.2, -0.15) is 0 Å². The lowest BCUT2D eigenvalue weighted by Gasteiger charge is -2.20. The van der Waals surface area contributed by atoms with Crippen LogP contribution in [0, 0.1) is 0 Å². The average molecular weight is 206 g/mol. The quantitative estimate of drug-likeness (QED) is 0.658. The van der Waals surface area contributed by atoms with E-state index in [0.717, 1.165) is 12.8 Å². The van der Waals surface area contributed by atoms with E-state index >= 15 is 0 Å². The van der Waals surface area contributed by atoms with E-state index in [1.54, 1.807) is 0 Å². The molecule has 0 radical (unpaired) electrons. The van der Waals surface area contributed by atoms with E-state index < -0.39 is 0 Å². The molecule has 2 N–H and O–H groups in total. The Morgan fingerprint density at radius 1 is 1.00 bits per heavy atom. The van der Waals surface area contributed by atoms with Gasteiger partial charge in [-0.15, -0.1) is 0 Å². The van der Waals surface area contributed by atoms with Gasteiger partial charge in [-0.1, -0.05) is 25.7 Å². The van der Waals surface area contributed by atoms with Crippen LogP contribution in [0.25, 0.3) is 0 Å². The summed E-state index contributed by atoms with van der Waals surface area (Å²) in [5.41, 5.74) is 7.31. The van der Waals surface area contributed by atoms with Crippen molar-refractivity contribution in [3.05, 3.63) is 5.57 Å². The molecule has 84 valence electrons. The Hall–Kier alpha value is -0.590. The van der Waals surface area contributed by atoms with Crippen molar-refractivity contribution >= 4 is 5.87 Å². The Morgan fingerprint density at radius 2 is 1.73 bits per heavy atom. The van der Waals surface area contributed by atoms with Gasteiger partial charge >= 0.3 is 0 Å². The summed E-state index contributed by atoms with van der Waals surface area (Å²) < 4.78 is 0. The number of nitrogens with two attached hydrogens (primary N) is 1. The maximum atomic E-state index is 6.04. The molecule has 2 aliphatic rings. The zero-order valence-electron chi connectivity index (χ0n) is 9.54. The summed E-state index contributed by atoms with van der Waals surface area (Å²) in [6.45, 7) is 0. The van der Waals surface area contributed by atoms with Gasteiger partial charge in [-0.25, -0.2) is 4.99 Å². The van der Waals surface area contributed by atoms with Crippen LogP contribution in [0.2, 0.25) is 0 Å². The molecule has 1 atom stereocenters. The Labute approximate surface area is 92.7 Å². The molecule has 1 unspecified atom stereocenters. The highest BCUT2D eigenvalue weighted by Gasteiger charge is 2.15. The van der Waals surface area contributed by atoms with E-state index in [1.807, 2.05) is 0 Å². The fourth-order valence-corrected chi connectivity index (χ4v) is 2.56. The van der Waals surface area contributed by atoms with Gasteiger partial charge < -0.3 is 5.73 Å². The van der Waals surface area contributed by atoms with Crippen molar-refractivity contribution in [3.8, 4) is 0 Å². The molecule has 0 aromatic carbocycles. The van der Waals surface area contributed by atoms with E-state index in [0.29, 0.717) is 6.04 Å². The molecule has 0 bridgehead atoms. The molecular weight excluding hydrogens is 184 g/mol. The van der Waals surface area contributed by atoms with Gasteiger partial charge in [0.15, 0.2) is 0 Å². The zero-order valence-corrected chi connectivity index (χ0v) is 9.54. The molecule has 0 aromatic rings. The van der Waals surface area contributed by atoms with Crippen molar-refractivity contribution in [3.63, 3.8) is 0 Å².